The van der Waals surface area contributed by atoms with Crippen LogP contribution in [0.15, 0.2) is 58.8 Å². The van der Waals surface area contributed by atoms with E-state index in [0.29, 0.717) is 0 Å². The first kappa shape index (κ1) is 21.1. The van der Waals surface area contributed by atoms with Crippen LogP contribution in [-0.2, 0) is 6.42 Å². The van der Waals surface area contributed by atoms with Crippen molar-refractivity contribution >= 4 is 11.4 Å². The highest BCUT2D eigenvalue weighted by atomic mass is 16.5. The molecule has 2 rings (SSSR count). The Balaban J connectivity index is 1.74. The van der Waals surface area contributed by atoms with Gasteiger partial charge in [-0.2, -0.15) is 10.2 Å². The van der Waals surface area contributed by atoms with Gasteiger partial charge in [-0.25, -0.2) is 0 Å². The Morgan fingerprint density at radius 1 is 0.630 bits per heavy atom. The molecule has 27 heavy (non-hydrogen) atoms. The van der Waals surface area contributed by atoms with E-state index >= 15 is 0 Å². The summed E-state index contributed by atoms with van der Waals surface area (Å²) in [6.45, 7) is 5.19. The van der Waals surface area contributed by atoms with Crippen molar-refractivity contribution in [3.63, 3.8) is 0 Å². The zero-order chi connectivity index (χ0) is 19.2. The molecule has 0 saturated heterocycles. The Morgan fingerprint density at radius 3 is 1.81 bits per heavy atom. The van der Waals surface area contributed by atoms with Crippen LogP contribution in [0.5, 0.6) is 5.75 Å². The number of benzene rings is 2. The van der Waals surface area contributed by atoms with Crippen molar-refractivity contribution in [2.24, 2.45) is 10.2 Å². The lowest BCUT2D eigenvalue weighted by Crippen LogP contribution is -1.95. The van der Waals surface area contributed by atoms with Gasteiger partial charge in [0.25, 0.3) is 0 Å². The first-order valence-corrected chi connectivity index (χ1v) is 10.6. The number of hydrogen-bond acceptors (Lipinski definition) is 3. The molecule has 0 atom stereocenters. The molecule has 0 unspecified atom stereocenters. The van der Waals surface area contributed by atoms with Crippen LogP contribution in [0.4, 0.5) is 11.4 Å². The number of nitrogens with zero attached hydrogens (tertiary/aromatic N) is 2. The van der Waals surface area contributed by atoms with Crippen LogP contribution < -0.4 is 4.74 Å². The van der Waals surface area contributed by atoms with Crippen molar-refractivity contribution in [3.05, 3.63) is 54.1 Å². The number of ether oxygens (including phenoxy) is 1. The highest BCUT2D eigenvalue weighted by Crippen LogP contribution is 2.22. The number of aryl methyl sites for hydroxylation is 1. The molecule has 2 aromatic carbocycles. The first-order valence-electron chi connectivity index (χ1n) is 10.6. The Labute approximate surface area is 164 Å². The Bertz CT molecular complexity index is 647. The second-order valence-electron chi connectivity index (χ2n) is 7.08. The summed E-state index contributed by atoms with van der Waals surface area (Å²) in [5.74, 6) is 0.890. The molecule has 0 aliphatic rings. The van der Waals surface area contributed by atoms with Crippen molar-refractivity contribution in [1.82, 2.24) is 0 Å². The molecule has 0 aliphatic heterocycles. The van der Waals surface area contributed by atoms with Gasteiger partial charge in [0.1, 0.15) is 5.75 Å². The zero-order valence-corrected chi connectivity index (χ0v) is 17.0. The van der Waals surface area contributed by atoms with E-state index in [0.717, 1.165) is 43.0 Å². The van der Waals surface area contributed by atoms with Gasteiger partial charge < -0.3 is 4.74 Å². The number of unbranched alkanes of at least 4 members (excludes halogenated alkanes) is 6. The normalized spacial score (nSPS) is 11.2. The summed E-state index contributed by atoms with van der Waals surface area (Å²) in [4.78, 5) is 0. The zero-order valence-electron chi connectivity index (χ0n) is 17.0. The topological polar surface area (TPSA) is 34.0 Å². The smallest absolute Gasteiger partial charge is 0.119 e. The molecule has 0 fully saturated rings. The molecule has 0 aliphatic carbocycles. The molecule has 0 heterocycles. The molecule has 0 aromatic heterocycles. The molecule has 0 amide bonds. The fraction of sp³-hybridized carbons (Fsp3) is 0.500. The lowest BCUT2D eigenvalue weighted by atomic mass is 10.0. The van der Waals surface area contributed by atoms with Gasteiger partial charge in [-0.05, 0) is 61.2 Å². The number of azo groups is 1. The van der Waals surface area contributed by atoms with Crippen LogP contribution in [-0.4, -0.2) is 6.61 Å². The predicted molar refractivity (Wildman–Crippen MR) is 115 cm³/mol. The van der Waals surface area contributed by atoms with Crippen molar-refractivity contribution in [2.75, 3.05) is 6.61 Å². The summed E-state index contributed by atoms with van der Waals surface area (Å²) >= 11 is 0. The van der Waals surface area contributed by atoms with Crippen molar-refractivity contribution in [2.45, 2.75) is 71.6 Å². The maximum absolute atomic E-state index is 5.66. The van der Waals surface area contributed by atoms with E-state index in [-0.39, 0.29) is 0 Å². The Kier molecular flexibility index (Phi) is 10.2. The summed E-state index contributed by atoms with van der Waals surface area (Å²) in [6, 6.07) is 16.2. The van der Waals surface area contributed by atoms with Gasteiger partial charge in [-0.15, -0.1) is 0 Å². The minimum Gasteiger partial charge on any atom is -0.494 e. The SMILES string of the molecule is CCCCCCCCc1ccc(N=Nc2ccc(OCCCC)cc2)cc1. The summed E-state index contributed by atoms with van der Waals surface area (Å²) in [7, 11) is 0. The highest BCUT2D eigenvalue weighted by molar-refractivity contribution is 5.43. The van der Waals surface area contributed by atoms with Crippen LogP contribution in [0.25, 0.3) is 0 Å². The van der Waals surface area contributed by atoms with Gasteiger partial charge >= 0.3 is 0 Å². The van der Waals surface area contributed by atoms with Crippen LogP contribution in [0, 0.1) is 0 Å². The highest BCUT2D eigenvalue weighted by Gasteiger charge is 1.97. The standard InChI is InChI=1S/C24H34N2O/c1-3-5-7-8-9-10-11-21-12-14-22(15-13-21)25-26-23-16-18-24(19-17-23)27-20-6-4-2/h12-19H,3-11,20H2,1-2H3. The second kappa shape index (κ2) is 13.1. The third-order valence-electron chi connectivity index (χ3n) is 4.64. The van der Waals surface area contributed by atoms with Gasteiger partial charge in [0.05, 0.1) is 18.0 Å². The van der Waals surface area contributed by atoms with Gasteiger partial charge in [0, 0.05) is 0 Å². The van der Waals surface area contributed by atoms with E-state index in [9.17, 15) is 0 Å². The fourth-order valence-electron chi connectivity index (χ4n) is 2.90. The molecule has 2 aromatic rings. The molecule has 3 nitrogen and oxygen atoms in total. The van der Waals surface area contributed by atoms with Gasteiger partial charge in [-0.1, -0.05) is 64.5 Å². The van der Waals surface area contributed by atoms with E-state index in [1.165, 1.54) is 44.1 Å². The summed E-state index contributed by atoms with van der Waals surface area (Å²) in [5.41, 5.74) is 3.12. The summed E-state index contributed by atoms with van der Waals surface area (Å²) < 4.78 is 5.66. The van der Waals surface area contributed by atoms with Gasteiger partial charge in [0.2, 0.25) is 0 Å². The minimum atomic E-state index is 0.766. The minimum absolute atomic E-state index is 0.766. The average Bonchev–Trinajstić information content (AvgIpc) is 2.71. The van der Waals surface area contributed by atoms with Crippen molar-refractivity contribution in [3.8, 4) is 5.75 Å². The fourth-order valence-corrected chi connectivity index (χ4v) is 2.90. The Hall–Kier alpha value is -2.16. The second-order valence-corrected chi connectivity index (χ2v) is 7.08. The van der Waals surface area contributed by atoms with E-state index < -0.39 is 0 Å². The Morgan fingerprint density at radius 2 is 1.19 bits per heavy atom. The predicted octanol–water partition coefficient (Wildman–Crippen LogP) is 8.18. The van der Waals surface area contributed by atoms with E-state index in [2.05, 4.69) is 48.3 Å². The van der Waals surface area contributed by atoms with Crippen LogP contribution in [0.1, 0.15) is 70.8 Å². The van der Waals surface area contributed by atoms with Crippen molar-refractivity contribution in [1.29, 1.82) is 0 Å². The largest absolute Gasteiger partial charge is 0.494 e. The maximum atomic E-state index is 5.66. The molecular formula is C24H34N2O. The van der Waals surface area contributed by atoms with E-state index in [1.54, 1.807) is 0 Å². The molecule has 0 N–H and O–H groups in total. The quantitative estimate of drug-likeness (QED) is 0.260. The monoisotopic (exact) mass is 366 g/mol. The molecule has 0 radical (unpaired) electrons. The molecule has 146 valence electrons. The lowest BCUT2D eigenvalue weighted by molar-refractivity contribution is 0.309. The molecular weight excluding hydrogens is 332 g/mol. The van der Waals surface area contributed by atoms with E-state index in [1.807, 2.05) is 24.3 Å². The van der Waals surface area contributed by atoms with Crippen LogP contribution in [0.3, 0.4) is 0 Å². The van der Waals surface area contributed by atoms with Crippen LogP contribution >= 0.6 is 0 Å². The first-order chi connectivity index (χ1) is 13.3. The van der Waals surface area contributed by atoms with Crippen molar-refractivity contribution < 1.29 is 4.74 Å². The van der Waals surface area contributed by atoms with Gasteiger partial charge in [-0.3, -0.25) is 0 Å². The number of hydrogen-bond donors (Lipinski definition) is 0. The molecule has 0 spiro atoms. The maximum Gasteiger partial charge on any atom is 0.119 e. The number of rotatable bonds is 13. The van der Waals surface area contributed by atoms with Crippen LogP contribution in [0.2, 0.25) is 0 Å². The van der Waals surface area contributed by atoms with E-state index in [4.69, 9.17) is 4.74 Å². The summed E-state index contributed by atoms with van der Waals surface area (Å²) in [5, 5.41) is 8.65. The van der Waals surface area contributed by atoms with Gasteiger partial charge in [0.15, 0.2) is 0 Å². The summed E-state index contributed by atoms with van der Waals surface area (Å²) in [6.07, 6.45) is 11.4. The third kappa shape index (κ3) is 8.85. The third-order valence-corrected chi connectivity index (χ3v) is 4.64. The molecule has 0 saturated carbocycles. The molecule has 0 bridgehead atoms. The average molecular weight is 367 g/mol. The lowest BCUT2D eigenvalue weighted by Gasteiger charge is -2.04. The molecule has 3 heteroatoms.